The standard InChI is InChI=1S/C18H16F4N2O/c19-14-6-2-4-12(8-14)15-9-16(15)24-17(25)23-10-11-3-1-5-13(7-11)18(20,21)22/h1-8,15-16H,9-10H2,(H2,23,24,25). The molecule has 2 aromatic rings. The Morgan fingerprint density at radius 2 is 1.88 bits per heavy atom. The Hall–Kier alpha value is -2.57. The van der Waals surface area contributed by atoms with Gasteiger partial charge in [0.15, 0.2) is 0 Å². The Morgan fingerprint density at radius 1 is 1.12 bits per heavy atom. The molecular weight excluding hydrogens is 336 g/mol. The molecule has 1 aliphatic carbocycles. The van der Waals surface area contributed by atoms with Crippen LogP contribution in [0.3, 0.4) is 0 Å². The molecule has 3 nitrogen and oxygen atoms in total. The first-order chi connectivity index (χ1) is 11.8. The monoisotopic (exact) mass is 352 g/mol. The van der Waals surface area contributed by atoms with E-state index in [1.807, 2.05) is 0 Å². The van der Waals surface area contributed by atoms with Gasteiger partial charge in [0.05, 0.1) is 5.56 Å². The van der Waals surface area contributed by atoms with E-state index in [1.54, 1.807) is 12.1 Å². The maximum absolute atomic E-state index is 13.2. The summed E-state index contributed by atoms with van der Waals surface area (Å²) in [7, 11) is 0. The van der Waals surface area contributed by atoms with Crippen LogP contribution in [0.25, 0.3) is 0 Å². The van der Waals surface area contributed by atoms with Gasteiger partial charge in [0.2, 0.25) is 0 Å². The number of nitrogens with one attached hydrogen (secondary N) is 2. The van der Waals surface area contributed by atoms with E-state index in [2.05, 4.69) is 10.6 Å². The summed E-state index contributed by atoms with van der Waals surface area (Å²) in [6.45, 7) is -0.00684. The maximum Gasteiger partial charge on any atom is 0.416 e. The van der Waals surface area contributed by atoms with Crippen molar-refractivity contribution >= 4 is 6.03 Å². The predicted molar refractivity (Wildman–Crippen MR) is 84.4 cm³/mol. The molecular formula is C18H16F4N2O. The lowest BCUT2D eigenvalue weighted by Gasteiger charge is -2.10. The van der Waals surface area contributed by atoms with Crippen molar-refractivity contribution in [3.05, 3.63) is 71.0 Å². The number of urea groups is 1. The first-order valence-electron chi connectivity index (χ1n) is 7.79. The highest BCUT2D eigenvalue weighted by molar-refractivity contribution is 5.75. The zero-order chi connectivity index (χ0) is 18.0. The molecule has 25 heavy (non-hydrogen) atoms. The number of carbonyl (C=O) groups excluding carboxylic acids is 1. The Bertz CT molecular complexity index is 776. The van der Waals surface area contributed by atoms with Crippen LogP contribution in [0.2, 0.25) is 0 Å². The van der Waals surface area contributed by atoms with E-state index in [9.17, 15) is 22.4 Å². The second-order valence-electron chi connectivity index (χ2n) is 6.03. The van der Waals surface area contributed by atoms with Crippen LogP contribution >= 0.6 is 0 Å². The molecule has 0 aliphatic heterocycles. The minimum Gasteiger partial charge on any atom is -0.335 e. The summed E-state index contributed by atoms with van der Waals surface area (Å²) < 4.78 is 51.1. The number of hydrogen-bond donors (Lipinski definition) is 2. The zero-order valence-electron chi connectivity index (χ0n) is 13.1. The molecule has 0 bridgehead atoms. The second-order valence-corrected chi connectivity index (χ2v) is 6.03. The van der Waals surface area contributed by atoms with Gasteiger partial charge in [-0.15, -0.1) is 0 Å². The van der Waals surface area contributed by atoms with Crippen molar-refractivity contribution in [3.8, 4) is 0 Å². The third-order valence-corrected chi connectivity index (χ3v) is 4.09. The van der Waals surface area contributed by atoms with Gasteiger partial charge in [-0.1, -0.05) is 24.3 Å². The van der Waals surface area contributed by atoms with Crippen LogP contribution in [0, 0.1) is 5.82 Å². The summed E-state index contributed by atoms with van der Waals surface area (Å²) in [6, 6.07) is 10.5. The van der Waals surface area contributed by atoms with Crippen LogP contribution in [-0.2, 0) is 12.7 Å². The minimum atomic E-state index is -4.41. The molecule has 0 spiro atoms. The van der Waals surface area contributed by atoms with Crippen LogP contribution in [0.15, 0.2) is 48.5 Å². The van der Waals surface area contributed by atoms with Gasteiger partial charge < -0.3 is 10.6 Å². The zero-order valence-corrected chi connectivity index (χ0v) is 13.1. The molecule has 0 radical (unpaired) electrons. The predicted octanol–water partition coefficient (Wildman–Crippen LogP) is 4.20. The molecule has 0 saturated heterocycles. The average Bonchev–Trinajstić information content (AvgIpc) is 3.31. The van der Waals surface area contributed by atoms with E-state index in [0.29, 0.717) is 12.0 Å². The fourth-order valence-corrected chi connectivity index (χ4v) is 2.72. The first kappa shape index (κ1) is 17.3. The Balaban J connectivity index is 1.50. The summed E-state index contributed by atoms with van der Waals surface area (Å²) >= 11 is 0. The molecule has 0 aromatic heterocycles. The Labute approximate surface area is 142 Å². The summed E-state index contributed by atoms with van der Waals surface area (Å²) in [5.74, 6) is -0.257. The first-order valence-corrected chi connectivity index (χ1v) is 7.79. The molecule has 132 valence electrons. The third kappa shape index (κ3) is 4.49. The van der Waals surface area contributed by atoms with Gasteiger partial charge in [-0.3, -0.25) is 0 Å². The van der Waals surface area contributed by atoms with Crippen LogP contribution in [-0.4, -0.2) is 12.1 Å². The van der Waals surface area contributed by atoms with Gasteiger partial charge in [-0.05, 0) is 41.8 Å². The molecule has 1 aliphatic rings. The molecule has 7 heteroatoms. The number of rotatable bonds is 4. The van der Waals surface area contributed by atoms with E-state index in [4.69, 9.17) is 0 Å². The SMILES string of the molecule is O=C(NCc1cccc(C(F)(F)F)c1)NC1CC1c1cccc(F)c1. The number of benzene rings is 2. The van der Waals surface area contributed by atoms with Crippen LogP contribution in [0.1, 0.15) is 29.0 Å². The molecule has 0 heterocycles. The Morgan fingerprint density at radius 3 is 2.60 bits per heavy atom. The molecule has 3 rings (SSSR count). The van der Waals surface area contributed by atoms with Gasteiger partial charge in [0, 0.05) is 18.5 Å². The Kier molecular flexibility index (Phi) is 4.65. The smallest absolute Gasteiger partial charge is 0.335 e. The van der Waals surface area contributed by atoms with Crippen LogP contribution in [0.5, 0.6) is 0 Å². The number of carbonyl (C=O) groups is 1. The quantitative estimate of drug-likeness (QED) is 0.796. The highest BCUT2D eigenvalue weighted by Gasteiger charge is 2.39. The van der Waals surface area contributed by atoms with Crippen molar-refractivity contribution in [2.75, 3.05) is 0 Å². The number of amides is 2. The number of alkyl halides is 3. The van der Waals surface area contributed by atoms with Crippen molar-refractivity contribution < 1.29 is 22.4 Å². The molecule has 2 atom stereocenters. The molecule has 2 amide bonds. The summed E-state index contributed by atoms with van der Waals surface area (Å²) in [6.07, 6.45) is -3.70. The van der Waals surface area contributed by atoms with Crippen LogP contribution < -0.4 is 10.6 Å². The van der Waals surface area contributed by atoms with Gasteiger partial charge in [-0.2, -0.15) is 13.2 Å². The summed E-state index contributed by atoms with van der Waals surface area (Å²) in [5.41, 5.74) is 0.436. The second kappa shape index (κ2) is 6.74. The van der Waals surface area contributed by atoms with Crippen molar-refractivity contribution in [1.82, 2.24) is 10.6 Å². The fourth-order valence-electron chi connectivity index (χ4n) is 2.72. The van der Waals surface area contributed by atoms with E-state index >= 15 is 0 Å². The van der Waals surface area contributed by atoms with Gasteiger partial charge in [0.1, 0.15) is 5.82 Å². The van der Waals surface area contributed by atoms with Crippen LogP contribution in [0.4, 0.5) is 22.4 Å². The minimum absolute atomic E-state index is 0.00684. The molecule has 2 unspecified atom stereocenters. The molecule has 2 aromatic carbocycles. The normalized spacial score (nSPS) is 19.4. The van der Waals surface area contributed by atoms with Crippen molar-refractivity contribution in [3.63, 3.8) is 0 Å². The largest absolute Gasteiger partial charge is 0.416 e. The van der Waals surface area contributed by atoms with Crippen molar-refractivity contribution in [2.45, 2.75) is 31.1 Å². The molecule has 1 fully saturated rings. The molecule has 1 saturated carbocycles. The lowest BCUT2D eigenvalue weighted by atomic mass is 10.1. The van der Waals surface area contributed by atoms with Gasteiger partial charge in [-0.25, -0.2) is 9.18 Å². The van der Waals surface area contributed by atoms with E-state index in [1.165, 1.54) is 24.3 Å². The topological polar surface area (TPSA) is 41.1 Å². The number of halogens is 4. The van der Waals surface area contributed by atoms with E-state index < -0.39 is 17.8 Å². The van der Waals surface area contributed by atoms with E-state index in [-0.39, 0.29) is 24.3 Å². The van der Waals surface area contributed by atoms with Gasteiger partial charge in [0.25, 0.3) is 0 Å². The van der Waals surface area contributed by atoms with Crippen molar-refractivity contribution in [2.24, 2.45) is 0 Å². The maximum atomic E-state index is 13.2. The lowest BCUT2D eigenvalue weighted by molar-refractivity contribution is -0.137. The fraction of sp³-hybridized carbons (Fsp3) is 0.278. The lowest BCUT2D eigenvalue weighted by Crippen LogP contribution is -2.36. The summed E-state index contributed by atoms with van der Waals surface area (Å²) in [4.78, 5) is 11.9. The van der Waals surface area contributed by atoms with Gasteiger partial charge >= 0.3 is 12.2 Å². The average molecular weight is 352 g/mol. The highest BCUT2D eigenvalue weighted by Crippen LogP contribution is 2.40. The summed E-state index contributed by atoms with van der Waals surface area (Å²) in [5, 5.41) is 5.28. The third-order valence-electron chi connectivity index (χ3n) is 4.09. The highest BCUT2D eigenvalue weighted by atomic mass is 19.4. The molecule has 2 N–H and O–H groups in total. The van der Waals surface area contributed by atoms with E-state index in [0.717, 1.165) is 17.7 Å². The number of hydrogen-bond acceptors (Lipinski definition) is 1. The van der Waals surface area contributed by atoms with Crippen molar-refractivity contribution in [1.29, 1.82) is 0 Å².